The third kappa shape index (κ3) is 7.54. The fourth-order valence-corrected chi connectivity index (χ4v) is 8.12. The van der Waals surface area contributed by atoms with E-state index in [2.05, 4.69) is 15.7 Å². The van der Waals surface area contributed by atoms with Gasteiger partial charge in [-0.25, -0.2) is 13.2 Å². The van der Waals surface area contributed by atoms with Crippen LogP contribution in [0.1, 0.15) is 48.8 Å². The molecule has 2 aromatic carbocycles. The molecule has 2 aliphatic heterocycles. The molecule has 2 N–H and O–H groups in total. The minimum Gasteiger partial charge on any atom is -0.484 e. The largest absolute Gasteiger partial charge is 0.484 e. The molecule has 15 heteroatoms. The molecule has 0 aliphatic carbocycles. The number of carbonyl (C=O) groups excluding carboxylic acids is 2. The van der Waals surface area contributed by atoms with E-state index in [-0.39, 0.29) is 48.1 Å². The lowest BCUT2D eigenvalue weighted by Gasteiger charge is -2.33. The van der Waals surface area contributed by atoms with Gasteiger partial charge in [0.05, 0.1) is 24.5 Å². The second-order valence-electron chi connectivity index (χ2n) is 13.0. The molecule has 1 atom stereocenters. The number of benzene rings is 2. The summed E-state index contributed by atoms with van der Waals surface area (Å²) in [5.74, 6) is -0.0625. The molecule has 2 aromatic heterocycles. The van der Waals surface area contributed by atoms with Gasteiger partial charge in [0.2, 0.25) is 10.0 Å². The van der Waals surface area contributed by atoms with Gasteiger partial charge < -0.3 is 20.3 Å². The van der Waals surface area contributed by atoms with Crippen LogP contribution in [0.2, 0.25) is 0 Å². The molecule has 14 nitrogen and oxygen atoms in total. The summed E-state index contributed by atoms with van der Waals surface area (Å²) in [4.78, 5) is 43.4. The molecule has 4 aromatic rings. The van der Waals surface area contributed by atoms with E-state index in [4.69, 9.17) is 4.74 Å². The Kier molecular flexibility index (Phi) is 10.6. The number of rotatable bonds is 11. The third-order valence-electron chi connectivity index (χ3n) is 8.93. The zero-order valence-electron chi connectivity index (χ0n) is 28.6. The number of amides is 2. The van der Waals surface area contributed by atoms with Crippen LogP contribution in [-0.2, 0) is 28.4 Å². The molecular weight excluding hydrogens is 661 g/mol. The highest BCUT2D eigenvalue weighted by Gasteiger charge is 2.37. The van der Waals surface area contributed by atoms with Gasteiger partial charge in [0, 0.05) is 64.1 Å². The van der Waals surface area contributed by atoms with Crippen molar-refractivity contribution in [3.05, 3.63) is 88.7 Å². The number of nitrogens with one attached hydrogen (secondary N) is 2. The molecule has 0 bridgehead atoms. The molecule has 2 fully saturated rings. The summed E-state index contributed by atoms with van der Waals surface area (Å²) in [5.41, 5.74) is 1.68. The Hall–Kier alpha value is -4.73. The van der Waals surface area contributed by atoms with E-state index in [1.807, 2.05) is 50.2 Å². The maximum atomic E-state index is 14.8. The summed E-state index contributed by atoms with van der Waals surface area (Å²) in [6.45, 7) is 6.22. The van der Waals surface area contributed by atoms with Crippen LogP contribution in [0.4, 0.5) is 0 Å². The van der Waals surface area contributed by atoms with E-state index >= 15 is 0 Å². The van der Waals surface area contributed by atoms with Gasteiger partial charge in [-0.15, -0.1) is 0 Å². The number of nitrogens with zero attached hydrogens (tertiary/aromatic N) is 6. The number of carbonyl (C=O) groups is 2. The number of sulfonamides is 1. The minimum atomic E-state index is -3.88. The van der Waals surface area contributed by atoms with Crippen molar-refractivity contribution in [2.45, 2.75) is 50.2 Å². The van der Waals surface area contributed by atoms with Gasteiger partial charge >= 0.3 is 5.69 Å². The van der Waals surface area contributed by atoms with Crippen LogP contribution in [0.3, 0.4) is 0 Å². The highest BCUT2D eigenvalue weighted by Crippen LogP contribution is 2.33. The molecule has 0 saturated carbocycles. The van der Waals surface area contributed by atoms with Crippen LogP contribution in [0.15, 0.2) is 76.7 Å². The van der Waals surface area contributed by atoms with Crippen LogP contribution in [0.25, 0.3) is 11.3 Å². The Labute approximate surface area is 291 Å². The maximum Gasteiger partial charge on any atom is 0.329 e. The second-order valence-corrected chi connectivity index (χ2v) is 14.9. The molecule has 0 radical (unpaired) electrons. The van der Waals surface area contributed by atoms with E-state index in [0.29, 0.717) is 68.1 Å². The van der Waals surface area contributed by atoms with Crippen molar-refractivity contribution < 1.29 is 22.7 Å². The molecule has 2 aliphatic rings. The summed E-state index contributed by atoms with van der Waals surface area (Å²) in [5, 5.41) is 10.1. The quantitative estimate of drug-likeness (QED) is 0.241. The highest BCUT2D eigenvalue weighted by molar-refractivity contribution is 7.89. The normalized spacial score (nSPS) is 17.2. The minimum absolute atomic E-state index is 0.0227. The van der Waals surface area contributed by atoms with Gasteiger partial charge in [-0.3, -0.25) is 23.4 Å². The molecule has 2 amide bonds. The number of aromatic nitrogens is 4. The molecule has 6 rings (SSSR count). The Morgan fingerprint density at radius 2 is 1.82 bits per heavy atom. The van der Waals surface area contributed by atoms with Crippen LogP contribution in [-0.4, -0.2) is 100 Å². The number of piperazine rings is 1. The topological polar surface area (TPSA) is 153 Å². The van der Waals surface area contributed by atoms with Gasteiger partial charge in [0.25, 0.3) is 11.8 Å². The molecule has 4 heterocycles. The fraction of sp³-hybridized carbons (Fsp3) is 0.429. The van der Waals surface area contributed by atoms with E-state index in [9.17, 15) is 22.8 Å². The number of aryl methyl sites for hydroxylation is 1. The summed E-state index contributed by atoms with van der Waals surface area (Å²) in [6.07, 6.45) is 3.87. The number of imidazole rings is 1. The molecular formula is C35H44N8O6S. The van der Waals surface area contributed by atoms with Crippen LogP contribution in [0, 0.1) is 0 Å². The number of hydrogen-bond donors (Lipinski definition) is 2. The average Bonchev–Trinajstić information content (AvgIpc) is 3.69. The Bertz CT molecular complexity index is 2000. The average molecular weight is 705 g/mol. The van der Waals surface area contributed by atoms with Crippen molar-refractivity contribution in [2.24, 2.45) is 7.05 Å². The Morgan fingerprint density at radius 1 is 1.06 bits per heavy atom. The number of piperidine rings is 1. The van der Waals surface area contributed by atoms with E-state index in [1.165, 1.54) is 25.9 Å². The summed E-state index contributed by atoms with van der Waals surface area (Å²) >= 11 is 0. The lowest BCUT2D eigenvalue weighted by atomic mass is 10.0. The number of ether oxygens (including phenoxy) is 1. The number of hydrogen-bond acceptors (Lipinski definition) is 8. The van der Waals surface area contributed by atoms with Crippen molar-refractivity contribution in [3.63, 3.8) is 0 Å². The van der Waals surface area contributed by atoms with E-state index in [1.54, 1.807) is 34.7 Å². The lowest BCUT2D eigenvalue weighted by molar-refractivity contribution is -0.123. The lowest BCUT2D eigenvalue weighted by Crippen LogP contribution is -2.47. The molecule has 1 unspecified atom stereocenters. The van der Waals surface area contributed by atoms with Crippen molar-refractivity contribution in [3.8, 4) is 17.0 Å². The van der Waals surface area contributed by atoms with E-state index in [0.717, 1.165) is 0 Å². The molecule has 2 saturated heterocycles. The Balaban J connectivity index is 1.44. The summed E-state index contributed by atoms with van der Waals surface area (Å²) in [7, 11) is -2.22. The first-order valence-electron chi connectivity index (χ1n) is 16.9. The highest BCUT2D eigenvalue weighted by atomic mass is 32.2. The molecule has 266 valence electrons. The smallest absolute Gasteiger partial charge is 0.329 e. The summed E-state index contributed by atoms with van der Waals surface area (Å²) in [6, 6.07) is 15.9. The first-order valence-corrected chi connectivity index (χ1v) is 18.4. The zero-order valence-corrected chi connectivity index (χ0v) is 29.4. The third-order valence-corrected chi connectivity index (χ3v) is 10.7. The van der Waals surface area contributed by atoms with Crippen molar-refractivity contribution >= 4 is 21.8 Å². The maximum absolute atomic E-state index is 14.8. The van der Waals surface area contributed by atoms with Crippen LogP contribution in [0.5, 0.6) is 5.75 Å². The van der Waals surface area contributed by atoms with Crippen molar-refractivity contribution in [1.29, 1.82) is 0 Å². The fourth-order valence-electron chi connectivity index (χ4n) is 6.61. The summed E-state index contributed by atoms with van der Waals surface area (Å²) < 4.78 is 39.2. The first kappa shape index (κ1) is 35.1. The van der Waals surface area contributed by atoms with Gasteiger partial charge in [-0.1, -0.05) is 42.5 Å². The van der Waals surface area contributed by atoms with Crippen molar-refractivity contribution in [2.75, 3.05) is 45.9 Å². The zero-order chi connectivity index (χ0) is 35.4. The van der Waals surface area contributed by atoms with Crippen LogP contribution < -0.4 is 21.1 Å². The van der Waals surface area contributed by atoms with E-state index < -0.39 is 21.8 Å². The first-order chi connectivity index (χ1) is 24.0. The van der Waals surface area contributed by atoms with Gasteiger partial charge in [-0.05, 0) is 44.4 Å². The molecule has 50 heavy (non-hydrogen) atoms. The van der Waals surface area contributed by atoms with Crippen LogP contribution >= 0.6 is 0 Å². The van der Waals surface area contributed by atoms with Gasteiger partial charge in [-0.2, -0.15) is 9.40 Å². The predicted molar refractivity (Wildman–Crippen MR) is 187 cm³/mol. The molecule has 0 spiro atoms. The monoisotopic (exact) mass is 704 g/mol. The van der Waals surface area contributed by atoms with Gasteiger partial charge in [0.15, 0.2) is 6.61 Å². The SMILES string of the molecule is CC(C)NC(=O)COc1cccc(Cn2c(C(=O)N3CCNCC3)c(-c3ccccc3)n(C3CCCN(S(=O)(=O)c4cnn(C)c4)C3)c2=O)c1. The van der Waals surface area contributed by atoms with Gasteiger partial charge in [0.1, 0.15) is 16.3 Å². The predicted octanol–water partition coefficient (Wildman–Crippen LogP) is 2.07. The van der Waals surface area contributed by atoms with Crippen molar-refractivity contribution in [1.82, 2.24) is 38.8 Å². The standard InChI is InChI=1S/C35H44N8O6S/c1-25(2)38-31(44)24-49-29-13-7-9-26(19-29)21-42-33(34(45)40-17-14-36-15-18-40)32(27-10-5-4-6-11-27)43(35(42)46)28-12-8-16-41(22-28)50(47,48)30-20-37-39(3)23-30/h4-7,9-11,13,19-20,23,25,28,36H,8,12,14-18,21-22,24H2,1-3H3,(H,38,44). The second kappa shape index (κ2) is 15.0. The Morgan fingerprint density at radius 3 is 2.52 bits per heavy atom.